The van der Waals surface area contributed by atoms with E-state index in [0.717, 1.165) is 29.9 Å². The lowest BCUT2D eigenvalue weighted by atomic mass is 10.0. The van der Waals surface area contributed by atoms with Gasteiger partial charge in [0.05, 0.1) is 13.7 Å². The summed E-state index contributed by atoms with van der Waals surface area (Å²) in [6, 6.07) is 7.55. The number of nitrogens with zero attached hydrogens (tertiary/aromatic N) is 1. The van der Waals surface area contributed by atoms with Gasteiger partial charge in [-0.2, -0.15) is 0 Å². The summed E-state index contributed by atoms with van der Waals surface area (Å²) in [6.45, 7) is 0.411. The van der Waals surface area contributed by atoms with Crippen molar-refractivity contribution < 1.29 is 14.3 Å². The maximum Gasteiger partial charge on any atom is 0.299 e. The molecule has 1 aliphatic carbocycles. The molecular weight excluding hydrogens is 254 g/mol. The van der Waals surface area contributed by atoms with E-state index in [1.165, 1.54) is 0 Å². The zero-order valence-electron chi connectivity index (χ0n) is 11.3. The molecule has 2 aliphatic rings. The Labute approximate surface area is 117 Å². The molecule has 20 heavy (non-hydrogen) atoms. The molecule has 0 unspecified atom stereocenters. The molecule has 102 valence electrons. The molecule has 0 spiro atoms. The fourth-order valence-electron chi connectivity index (χ4n) is 2.62. The van der Waals surface area contributed by atoms with Gasteiger partial charge in [0, 0.05) is 11.3 Å². The molecular formula is C16H15NO3. The highest BCUT2D eigenvalue weighted by Gasteiger charge is 2.37. The summed E-state index contributed by atoms with van der Waals surface area (Å²) in [4.78, 5) is 25.6. The summed E-state index contributed by atoms with van der Waals surface area (Å²) in [7, 11) is 1.61. The van der Waals surface area contributed by atoms with Crippen LogP contribution in [0, 0.1) is 0 Å². The zero-order valence-corrected chi connectivity index (χ0v) is 11.3. The summed E-state index contributed by atoms with van der Waals surface area (Å²) in [5, 5.41) is 0. The number of carbonyl (C=O) groups excluding carboxylic acids is 2. The normalized spacial score (nSPS) is 17.8. The molecule has 1 amide bonds. The number of allylic oxidation sites excluding steroid dienone is 3. The summed E-state index contributed by atoms with van der Waals surface area (Å²) >= 11 is 0. The van der Waals surface area contributed by atoms with Crippen molar-refractivity contribution in [1.29, 1.82) is 0 Å². The predicted octanol–water partition coefficient (Wildman–Crippen LogP) is 2.21. The average molecular weight is 269 g/mol. The van der Waals surface area contributed by atoms with Crippen LogP contribution in [0.1, 0.15) is 18.4 Å². The molecule has 0 aromatic heterocycles. The number of methoxy groups -OCH3 is 1. The van der Waals surface area contributed by atoms with E-state index in [0.29, 0.717) is 12.1 Å². The second-order valence-corrected chi connectivity index (χ2v) is 4.87. The Morgan fingerprint density at radius 2 is 2.15 bits per heavy atom. The van der Waals surface area contributed by atoms with E-state index in [1.807, 2.05) is 30.3 Å². The smallest absolute Gasteiger partial charge is 0.299 e. The van der Waals surface area contributed by atoms with Crippen LogP contribution in [0.15, 0.2) is 47.7 Å². The molecule has 0 saturated heterocycles. The fourth-order valence-corrected chi connectivity index (χ4v) is 2.62. The second-order valence-electron chi connectivity index (χ2n) is 4.87. The first-order valence-electron chi connectivity index (χ1n) is 6.59. The van der Waals surface area contributed by atoms with Crippen molar-refractivity contribution in [1.82, 2.24) is 4.90 Å². The zero-order chi connectivity index (χ0) is 14.1. The van der Waals surface area contributed by atoms with E-state index < -0.39 is 5.91 Å². The molecule has 0 saturated carbocycles. The lowest BCUT2D eigenvalue weighted by Gasteiger charge is -2.21. The molecule has 1 aromatic carbocycles. The number of hydrogen-bond acceptors (Lipinski definition) is 3. The highest BCUT2D eigenvalue weighted by molar-refractivity contribution is 6.46. The number of ketones is 1. The Bertz CT molecular complexity index is 643. The Balaban J connectivity index is 1.90. The van der Waals surface area contributed by atoms with Crippen molar-refractivity contribution in [3.63, 3.8) is 0 Å². The van der Waals surface area contributed by atoms with Crippen LogP contribution in [0.5, 0.6) is 5.75 Å². The quantitative estimate of drug-likeness (QED) is 0.790. The summed E-state index contributed by atoms with van der Waals surface area (Å²) in [5.74, 6) is -0.0681. The lowest BCUT2D eigenvalue weighted by molar-refractivity contribution is -0.139. The van der Waals surface area contributed by atoms with Gasteiger partial charge >= 0.3 is 0 Å². The first-order valence-corrected chi connectivity index (χ1v) is 6.59. The Hall–Kier alpha value is -2.36. The maximum absolute atomic E-state index is 12.1. The van der Waals surface area contributed by atoms with E-state index in [9.17, 15) is 9.59 Å². The van der Waals surface area contributed by atoms with Crippen molar-refractivity contribution in [2.45, 2.75) is 19.4 Å². The minimum absolute atomic E-state index is 0.390. The highest BCUT2D eigenvalue weighted by Crippen LogP contribution is 2.31. The van der Waals surface area contributed by atoms with Crippen LogP contribution in [-0.2, 0) is 16.1 Å². The van der Waals surface area contributed by atoms with Gasteiger partial charge in [0.25, 0.3) is 11.7 Å². The van der Waals surface area contributed by atoms with Gasteiger partial charge in [-0.15, -0.1) is 0 Å². The van der Waals surface area contributed by atoms with Crippen LogP contribution in [0.4, 0.5) is 0 Å². The van der Waals surface area contributed by atoms with Gasteiger partial charge < -0.3 is 9.64 Å². The first-order chi connectivity index (χ1) is 9.70. The number of ether oxygens (including phenoxy) is 1. The molecule has 1 heterocycles. The van der Waals surface area contributed by atoms with Gasteiger partial charge in [0.2, 0.25) is 0 Å². The second kappa shape index (κ2) is 4.96. The predicted molar refractivity (Wildman–Crippen MR) is 74.0 cm³/mol. The van der Waals surface area contributed by atoms with E-state index in [-0.39, 0.29) is 5.78 Å². The van der Waals surface area contributed by atoms with Gasteiger partial charge in [-0.3, -0.25) is 9.59 Å². The molecule has 0 bridgehead atoms. The molecule has 0 fully saturated rings. The lowest BCUT2D eigenvalue weighted by Crippen LogP contribution is -2.28. The number of Topliss-reactive ketones (excluding diaryl/α,β-unsaturated/α-hetero) is 1. The van der Waals surface area contributed by atoms with Crippen LogP contribution in [-0.4, -0.2) is 23.7 Å². The van der Waals surface area contributed by atoms with E-state index >= 15 is 0 Å². The third-order valence-electron chi connectivity index (χ3n) is 3.63. The van der Waals surface area contributed by atoms with Crippen LogP contribution >= 0.6 is 0 Å². The van der Waals surface area contributed by atoms with Gasteiger partial charge in [0.1, 0.15) is 5.75 Å². The van der Waals surface area contributed by atoms with Gasteiger partial charge in [-0.25, -0.2) is 0 Å². The van der Waals surface area contributed by atoms with E-state index in [1.54, 1.807) is 18.1 Å². The van der Waals surface area contributed by atoms with Crippen LogP contribution < -0.4 is 4.74 Å². The first kappa shape index (κ1) is 12.7. The molecule has 4 heteroatoms. The topological polar surface area (TPSA) is 46.6 Å². The SMILES string of the molecule is COc1cccc(CN2C(=O)C(=O)C3=C2CCC=C3)c1. The number of carbonyl (C=O) groups is 2. The van der Waals surface area contributed by atoms with Crippen molar-refractivity contribution in [2.24, 2.45) is 0 Å². The number of rotatable bonds is 3. The summed E-state index contributed by atoms with van der Waals surface area (Å²) < 4.78 is 5.18. The Morgan fingerprint density at radius 3 is 2.95 bits per heavy atom. The standard InChI is InChI=1S/C16H15NO3/c1-20-12-6-4-5-11(9-12)10-17-14-8-3-2-7-13(14)15(18)16(17)19/h2,4-7,9H,3,8,10H2,1H3. The van der Waals surface area contributed by atoms with E-state index in [4.69, 9.17) is 4.74 Å². The number of amides is 1. The molecule has 0 radical (unpaired) electrons. The van der Waals surface area contributed by atoms with Crippen molar-refractivity contribution in [3.05, 3.63) is 53.3 Å². The molecule has 0 atom stereocenters. The van der Waals surface area contributed by atoms with Crippen LogP contribution in [0.25, 0.3) is 0 Å². The molecule has 1 aliphatic heterocycles. The Kier molecular flexibility index (Phi) is 3.14. The van der Waals surface area contributed by atoms with Crippen molar-refractivity contribution in [2.75, 3.05) is 7.11 Å². The fraction of sp³-hybridized carbons (Fsp3) is 0.250. The molecule has 4 nitrogen and oxygen atoms in total. The monoisotopic (exact) mass is 269 g/mol. The highest BCUT2D eigenvalue weighted by atomic mass is 16.5. The van der Waals surface area contributed by atoms with Crippen LogP contribution in [0.3, 0.4) is 0 Å². The molecule has 0 N–H and O–H groups in total. The van der Waals surface area contributed by atoms with Gasteiger partial charge in [-0.1, -0.05) is 24.3 Å². The minimum Gasteiger partial charge on any atom is -0.497 e. The summed E-state index contributed by atoms with van der Waals surface area (Å²) in [5.41, 5.74) is 2.36. The van der Waals surface area contributed by atoms with Crippen LogP contribution in [0.2, 0.25) is 0 Å². The van der Waals surface area contributed by atoms with Gasteiger partial charge in [0.15, 0.2) is 0 Å². The molecule has 3 rings (SSSR count). The average Bonchev–Trinajstić information content (AvgIpc) is 2.73. The minimum atomic E-state index is -0.427. The number of benzene rings is 1. The third kappa shape index (κ3) is 2.03. The number of hydrogen-bond donors (Lipinski definition) is 0. The summed E-state index contributed by atoms with van der Waals surface area (Å²) in [6.07, 6.45) is 5.32. The van der Waals surface area contributed by atoms with Gasteiger partial charge in [-0.05, 0) is 30.5 Å². The van der Waals surface area contributed by atoms with Crippen molar-refractivity contribution in [3.8, 4) is 5.75 Å². The molecule has 1 aromatic rings. The van der Waals surface area contributed by atoms with E-state index in [2.05, 4.69) is 0 Å². The van der Waals surface area contributed by atoms with Crippen molar-refractivity contribution >= 4 is 11.7 Å². The Morgan fingerprint density at radius 1 is 1.30 bits per heavy atom. The largest absolute Gasteiger partial charge is 0.497 e. The maximum atomic E-state index is 12.1. The third-order valence-corrected chi connectivity index (χ3v) is 3.63.